The lowest BCUT2D eigenvalue weighted by Crippen LogP contribution is -2.46. The van der Waals surface area contributed by atoms with Crippen LogP contribution in [0.2, 0.25) is 0 Å². The Morgan fingerprint density at radius 3 is 2.63 bits per heavy atom. The highest BCUT2D eigenvalue weighted by atomic mass is 16.3. The molecule has 1 fully saturated rings. The minimum atomic E-state index is 0.277. The second-order valence-electron chi connectivity index (χ2n) is 7.47. The van der Waals surface area contributed by atoms with Crippen molar-refractivity contribution in [3.63, 3.8) is 0 Å². The lowest BCUT2D eigenvalue weighted by Gasteiger charge is -2.36. The van der Waals surface area contributed by atoms with Crippen molar-refractivity contribution in [1.82, 2.24) is 15.2 Å². The van der Waals surface area contributed by atoms with E-state index in [0.29, 0.717) is 6.54 Å². The maximum atomic E-state index is 9.81. The fourth-order valence-electron chi connectivity index (χ4n) is 3.58. The number of aromatic hydroxyl groups is 1. The van der Waals surface area contributed by atoms with Crippen LogP contribution in [0.5, 0.6) is 5.75 Å². The minimum Gasteiger partial charge on any atom is -0.506 e. The van der Waals surface area contributed by atoms with Crippen molar-refractivity contribution in [2.45, 2.75) is 33.2 Å². The van der Waals surface area contributed by atoms with E-state index in [2.05, 4.69) is 51.3 Å². The van der Waals surface area contributed by atoms with Crippen molar-refractivity contribution < 1.29 is 5.11 Å². The highest BCUT2D eigenvalue weighted by molar-refractivity contribution is 5.48. The number of benzene rings is 1. The maximum Gasteiger partial charge on any atom is 0.138 e. The number of pyridine rings is 1. The van der Waals surface area contributed by atoms with Crippen LogP contribution in [0, 0.1) is 13.8 Å². The number of aromatic nitrogens is 1. The molecule has 27 heavy (non-hydrogen) atoms. The molecule has 3 rings (SSSR count). The van der Waals surface area contributed by atoms with Gasteiger partial charge in [-0.15, -0.1) is 0 Å². The summed E-state index contributed by atoms with van der Waals surface area (Å²) in [6, 6.07) is 12.4. The number of hydrogen-bond acceptors (Lipinski definition) is 5. The van der Waals surface area contributed by atoms with Crippen LogP contribution >= 0.6 is 0 Å². The summed E-state index contributed by atoms with van der Waals surface area (Å²) in [6.07, 6.45) is 2.34. The van der Waals surface area contributed by atoms with E-state index in [4.69, 9.17) is 0 Å². The molecule has 0 unspecified atom stereocenters. The van der Waals surface area contributed by atoms with Gasteiger partial charge in [-0.1, -0.05) is 12.1 Å². The highest BCUT2D eigenvalue weighted by Crippen LogP contribution is 2.18. The maximum absolute atomic E-state index is 9.81. The van der Waals surface area contributed by atoms with Crippen molar-refractivity contribution in [3.8, 4) is 5.75 Å². The normalized spacial score (nSPS) is 15.3. The largest absolute Gasteiger partial charge is 0.506 e. The lowest BCUT2D eigenvalue weighted by molar-refractivity contribution is 0.252. The molecule has 0 aliphatic carbocycles. The van der Waals surface area contributed by atoms with Gasteiger partial charge in [-0.25, -0.2) is 0 Å². The van der Waals surface area contributed by atoms with Crippen LogP contribution < -0.4 is 10.2 Å². The Kier molecular flexibility index (Phi) is 7.07. The third kappa shape index (κ3) is 5.94. The Morgan fingerprint density at radius 1 is 1.04 bits per heavy atom. The fraction of sp³-hybridized carbons (Fsp3) is 0.500. The summed E-state index contributed by atoms with van der Waals surface area (Å²) in [5.74, 6) is 0.277. The molecular weight excluding hydrogens is 336 g/mol. The molecule has 0 bridgehead atoms. The summed E-state index contributed by atoms with van der Waals surface area (Å²) in [6.45, 7) is 11.4. The number of aryl methyl sites for hydroxylation is 2. The number of hydrogen-bond donors (Lipinski definition) is 2. The Balaban J connectivity index is 1.29. The number of nitrogens with one attached hydrogen (secondary N) is 1. The van der Waals surface area contributed by atoms with Crippen molar-refractivity contribution in [2.24, 2.45) is 0 Å². The van der Waals surface area contributed by atoms with E-state index in [9.17, 15) is 5.11 Å². The Morgan fingerprint density at radius 2 is 1.85 bits per heavy atom. The molecule has 1 aromatic heterocycles. The van der Waals surface area contributed by atoms with Crippen LogP contribution in [-0.4, -0.2) is 54.3 Å². The fourth-order valence-corrected chi connectivity index (χ4v) is 3.58. The molecule has 1 aromatic carbocycles. The lowest BCUT2D eigenvalue weighted by atomic mass is 10.2. The second kappa shape index (κ2) is 9.72. The van der Waals surface area contributed by atoms with Gasteiger partial charge in [0.05, 0.1) is 5.69 Å². The molecule has 0 radical (unpaired) electrons. The van der Waals surface area contributed by atoms with Gasteiger partial charge in [0.15, 0.2) is 0 Å². The summed E-state index contributed by atoms with van der Waals surface area (Å²) in [5.41, 5.74) is 4.36. The van der Waals surface area contributed by atoms with Crippen LogP contribution in [0.1, 0.15) is 29.8 Å². The van der Waals surface area contributed by atoms with Crippen LogP contribution in [0.15, 0.2) is 36.4 Å². The quantitative estimate of drug-likeness (QED) is 0.701. The zero-order valence-corrected chi connectivity index (χ0v) is 16.6. The predicted octanol–water partition coefficient (Wildman–Crippen LogP) is 3.10. The van der Waals surface area contributed by atoms with Gasteiger partial charge in [-0.05, 0) is 69.6 Å². The van der Waals surface area contributed by atoms with E-state index < -0.39 is 0 Å². The third-order valence-electron chi connectivity index (χ3n) is 5.20. The predicted molar refractivity (Wildman–Crippen MR) is 111 cm³/mol. The first-order chi connectivity index (χ1) is 13.1. The summed E-state index contributed by atoms with van der Waals surface area (Å²) in [7, 11) is 0. The molecule has 5 heteroatoms. The summed E-state index contributed by atoms with van der Waals surface area (Å²) in [5, 5.41) is 13.2. The van der Waals surface area contributed by atoms with E-state index in [0.717, 1.165) is 57.1 Å². The van der Waals surface area contributed by atoms with Gasteiger partial charge in [0.2, 0.25) is 0 Å². The van der Waals surface area contributed by atoms with Gasteiger partial charge in [0.25, 0.3) is 0 Å². The second-order valence-corrected chi connectivity index (χ2v) is 7.47. The van der Waals surface area contributed by atoms with Crippen molar-refractivity contribution in [1.29, 1.82) is 0 Å². The van der Waals surface area contributed by atoms with Gasteiger partial charge < -0.3 is 15.3 Å². The van der Waals surface area contributed by atoms with Crippen molar-refractivity contribution in [3.05, 3.63) is 53.3 Å². The molecule has 0 amide bonds. The zero-order valence-electron chi connectivity index (χ0n) is 16.6. The molecule has 2 aromatic rings. The van der Waals surface area contributed by atoms with Gasteiger partial charge >= 0.3 is 0 Å². The molecule has 1 saturated heterocycles. The molecular formula is C22H32N4O. The molecule has 0 spiro atoms. The van der Waals surface area contributed by atoms with E-state index >= 15 is 0 Å². The van der Waals surface area contributed by atoms with Gasteiger partial charge in [0, 0.05) is 44.1 Å². The molecule has 146 valence electrons. The molecule has 0 saturated carbocycles. The summed E-state index contributed by atoms with van der Waals surface area (Å²) < 4.78 is 0. The summed E-state index contributed by atoms with van der Waals surface area (Å²) in [4.78, 5) is 9.44. The zero-order chi connectivity index (χ0) is 19.1. The Labute approximate surface area is 163 Å². The SMILES string of the molecule is Cc1cccc(N2CCN(CCCCNCc3nc(C)ccc3O)CC2)c1. The molecule has 1 aliphatic rings. The first-order valence-electron chi connectivity index (χ1n) is 10.0. The van der Waals surface area contributed by atoms with Crippen LogP contribution in [0.25, 0.3) is 0 Å². The minimum absolute atomic E-state index is 0.277. The highest BCUT2D eigenvalue weighted by Gasteiger charge is 2.16. The number of anilines is 1. The van der Waals surface area contributed by atoms with Crippen molar-refractivity contribution in [2.75, 3.05) is 44.2 Å². The summed E-state index contributed by atoms with van der Waals surface area (Å²) >= 11 is 0. The van der Waals surface area contributed by atoms with Crippen molar-refractivity contribution >= 4 is 5.69 Å². The van der Waals surface area contributed by atoms with Gasteiger partial charge in [-0.3, -0.25) is 9.88 Å². The van der Waals surface area contributed by atoms with E-state index in [1.165, 1.54) is 17.7 Å². The van der Waals surface area contributed by atoms with Crippen LogP contribution in [-0.2, 0) is 6.54 Å². The van der Waals surface area contributed by atoms with E-state index in [1.807, 2.05) is 13.0 Å². The average molecular weight is 369 g/mol. The standard InChI is InChI=1S/C22H32N4O/c1-18-6-5-7-20(16-18)26-14-12-25(13-15-26)11-4-3-10-23-17-21-22(27)9-8-19(2)24-21/h5-9,16,23,27H,3-4,10-15,17H2,1-2H3. The Bertz CT molecular complexity index is 726. The Hall–Kier alpha value is -2.11. The number of rotatable bonds is 8. The molecule has 5 nitrogen and oxygen atoms in total. The molecule has 2 N–H and O–H groups in total. The van der Waals surface area contributed by atoms with E-state index in [1.54, 1.807) is 6.07 Å². The van der Waals surface area contributed by atoms with Gasteiger partial charge in [-0.2, -0.15) is 0 Å². The molecule has 1 aliphatic heterocycles. The number of nitrogens with zero attached hydrogens (tertiary/aromatic N) is 3. The first-order valence-corrected chi connectivity index (χ1v) is 10.0. The first kappa shape index (κ1) is 19.6. The smallest absolute Gasteiger partial charge is 0.138 e. The van der Waals surface area contributed by atoms with E-state index in [-0.39, 0.29) is 5.75 Å². The van der Waals surface area contributed by atoms with Crippen LogP contribution in [0.4, 0.5) is 5.69 Å². The van der Waals surface area contributed by atoms with Crippen LogP contribution in [0.3, 0.4) is 0 Å². The molecule has 0 atom stereocenters. The number of unbranched alkanes of at least 4 members (excludes halogenated alkanes) is 1. The molecule has 2 heterocycles. The number of piperazine rings is 1. The van der Waals surface area contributed by atoms with Gasteiger partial charge in [0.1, 0.15) is 5.75 Å². The monoisotopic (exact) mass is 368 g/mol. The third-order valence-corrected chi connectivity index (χ3v) is 5.20. The average Bonchev–Trinajstić information content (AvgIpc) is 2.67. The topological polar surface area (TPSA) is 51.6 Å².